The number of pyridine rings is 1. The van der Waals surface area contributed by atoms with Gasteiger partial charge in [0.25, 0.3) is 5.91 Å². The second-order valence-corrected chi connectivity index (χ2v) is 7.54. The first-order valence-corrected chi connectivity index (χ1v) is 9.99. The number of nitrogens with zero attached hydrogens (tertiary/aromatic N) is 3. The highest BCUT2D eigenvalue weighted by atomic mass is 16.3. The van der Waals surface area contributed by atoms with Gasteiger partial charge in [-0.25, -0.2) is 9.97 Å². The third-order valence-corrected chi connectivity index (χ3v) is 5.26. The van der Waals surface area contributed by atoms with Gasteiger partial charge < -0.3 is 15.7 Å². The molecule has 1 aromatic carbocycles. The number of hydrogen-bond acceptors (Lipinski definition) is 6. The summed E-state index contributed by atoms with van der Waals surface area (Å²) in [5.41, 5.74) is 2.87. The van der Waals surface area contributed by atoms with Crippen LogP contribution in [-0.4, -0.2) is 38.1 Å². The molecule has 150 valence electrons. The van der Waals surface area contributed by atoms with Crippen molar-refractivity contribution in [2.24, 2.45) is 0 Å². The van der Waals surface area contributed by atoms with Crippen LogP contribution in [0.15, 0.2) is 42.6 Å². The van der Waals surface area contributed by atoms with Crippen molar-refractivity contribution in [3.63, 3.8) is 0 Å². The number of amides is 1. The van der Waals surface area contributed by atoms with Crippen LogP contribution in [0.3, 0.4) is 0 Å². The number of para-hydroxylation sites is 1. The monoisotopic (exact) mass is 391 g/mol. The molecule has 1 aliphatic carbocycles. The fourth-order valence-electron chi connectivity index (χ4n) is 3.68. The van der Waals surface area contributed by atoms with Gasteiger partial charge in [0.15, 0.2) is 0 Å². The first kappa shape index (κ1) is 19.3. The molecule has 0 spiro atoms. The molecule has 1 saturated carbocycles. The van der Waals surface area contributed by atoms with Gasteiger partial charge >= 0.3 is 0 Å². The summed E-state index contributed by atoms with van der Waals surface area (Å²) in [6.07, 6.45) is 4.87. The molecule has 0 atom stereocenters. The summed E-state index contributed by atoms with van der Waals surface area (Å²) in [6, 6.07) is 11.5. The topological polar surface area (TPSA) is 100 Å². The highest BCUT2D eigenvalue weighted by Crippen LogP contribution is 2.23. The number of fused-ring (bicyclic) bond motifs is 1. The van der Waals surface area contributed by atoms with E-state index in [4.69, 9.17) is 0 Å². The van der Waals surface area contributed by atoms with E-state index in [0.29, 0.717) is 23.6 Å². The predicted molar refractivity (Wildman–Crippen MR) is 112 cm³/mol. The first-order chi connectivity index (χ1) is 14.1. The zero-order valence-corrected chi connectivity index (χ0v) is 16.4. The van der Waals surface area contributed by atoms with E-state index in [1.165, 1.54) is 0 Å². The maximum atomic E-state index is 12.8. The minimum atomic E-state index is -0.205. The lowest BCUT2D eigenvalue weighted by molar-refractivity contribution is 0.0952. The summed E-state index contributed by atoms with van der Waals surface area (Å²) in [4.78, 5) is 26.2. The summed E-state index contributed by atoms with van der Waals surface area (Å²) in [5, 5.41) is 16.8. The lowest BCUT2D eigenvalue weighted by atomic mass is 9.93. The third-order valence-electron chi connectivity index (χ3n) is 5.26. The summed E-state index contributed by atoms with van der Waals surface area (Å²) >= 11 is 0. The number of benzene rings is 1. The minimum absolute atomic E-state index is 0.190. The average molecular weight is 391 g/mol. The largest absolute Gasteiger partial charge is 0.393 e. The zero-order valence-electron chi connectivity index (χ0n) is 16.4. The molecule has 7 heteroatoms. The highest BCUT2D eigenvalue weighted by molar-refractivity contribution is 6.05. The van der Waals surface area contributed by atoms with Gasteiger partial charge in [-0.15, -0.1) is 0 Å². The van der Waals surface area contributed by atoms with E-state index >= 15 is 0 Å². The summed E-state index contributed by atoms with van der Waals surface area (Å²) in [7, 11) is 0. The van der Waals surface area contributed by atoms with E-state index in [1.54, 1.807) is 12.3 Å². The summed E-state index contributed by atoms with van der Waals surface area (Å²) < 4.78 is 0. The molecule has 1 fully saturated rings. The molecule has 2 aromatic heterocycles. The Labute approximate surface area is 169 Å². The van der Waals surface area contributed by atoms with Gasteiger partial charge in [0, 0.05) is 23.3 Å². The first-order valence-electron chi connectivity index (χ1n) is 9.99. The molecular weight excluding hydrogens is 366 g/mol. The highest BCUT2D eigenvalue weighted by Gasteiger charge is 2.20. The minimum Gasteiger partial charge on any atom is -0.393 e. The van der Waals surface area contributed by atoms with Crippen molar-refractivity contribution in [3.8, 4) is 0 Å². The Morgan fingerprint density at radius 3 is 2.69 bits per heavy atom. The fourth-order valence-corrected chi connectivity index (χ4v) is 3.68. The second kappa shape index (κ2) is 8.53. The quantitative estimate of drug-likeness (QED) is 0.618. The number of carbonyl (C=O) groups is 1. The second-order valence-electron chi connectivity index (χ2n) is 7.54. The summed E-state index contributed by atoms with van der Waals surface area (Å²) in [6.45, 7) is 2.28. The Balaban J connectivity index is 1.51. The van der Waals surface area contributed by atoms with Gasteiger partial charge in [-0.1, -0.05) is 18.2 Å². The maximum absolute atomic E-state index is 12.8. The van der Waals surface area contributed by atoms with Crippen molar-refractivity contribution in [1.29, 1.82) is 0 Å². The number of aryl methyl sites for hydroxylation is 1. The van der Waals surface area contributed by atoms with Crippen LogP contribution in [0.1, 0.15) is 47.4 Å². The number of hydrogen-bond donors (Lipinski definition) is 3. The molecule has 1 amide bonds. The smallest absolute Gasteiger partial charge is 0.253 e. The van der Waals surface area contributed by atoms with Crippen LogP contribution in [0.5, 0.6) is 0 Å². The van der Waals surface area contributed by atoms with E-state index < -0.39 is 0 Å². The van der Waals surface area contributed by atoms with Crippen molar-refractivity contribution >= 4 is 22.8 Å². The molecule has 0 aliphatic heterocycles. The SMILES string of the molecule is Cc1cccc(CNC(=O)c2cccc3cnc(NC4CCC(O)CC4)nc23)n1. The molecule has 29 heavy (non-hydrogen) atoms. The molecule has 3 aromatic rings. The number of aliphatic hydroxyl groups is 1. The molecule has 0 radical (unpaired) electrons. The van der Waals surface area contributed by atoms with E-state index in [2.05, 4.69) is 25.6 Å². The Kier molecular flexibility index (Phi) is 5.67. The molecule has 2 heterocycles. The number of aliphatic hydroxyl groups excluding tert-OH is 1. The standard InChI is InChI=1S/C22H25N5O2/c1-14-4-2-6-17(25-14)13-23-21(29)19-7-3-5-15-12-24-22(27-20(15)19)26-16-8-10-18(28)11-9-16/h2-7,12,16,18,28H,8-11,13H2,1H3,(H,23,29)(H,24,26,27). The van der Waals surface area contributed by atoms with E-state index in [0.717, 1.165) is 42.5 Å². The Morgan fingerprint density at radius 2 is 1.90 bits per heavy atom. The van der Waals surface area contributed by atoms with Crippen LogP contribution in [0.4, 0.5) is 5.95 Å². The average Bonchev–Trinajstić information content (AvgIpc) is 2.73. The van der Waals surface area contributed by atoms with Crippen LogP contribution in [0.25, 0.3) is 10.9 Å². The van der Waals surface area contributed by atoms with E-state index in [1.807, 2.05) is 37.3 Å². The van der Waals surface area contributed by atoms with Gasteiger partial charge in [0.1, 0.15) is 0 Å². The van der Waals surface area contributed by atoms with Gasteiger partial charge in [0.2, 0.25) is 5.95 Å². The van der Waals surface area contributed by atoms with Crippen molar-refractivity contribution in [2.75, 3.05) is 5.32 Å². The number of anilines is 1. The van der Waals surface area contributed by atoms with Gasteiger partial charge in [-0.3, -0.25) is 9.78 Å². The fraction of sp³-hybridized carbons (Fsp3) is 0.364. The molecule has 7 nitrogen and oxygen atoms in total. The van der Waals surface area contributed by atoms with Crippen molar-refractivity contribution < 1.29 is 9.90 Å². The van der Waals surface area contributed by atoms with Crippen LogP contribution in [0, 0.1) is 6.92 Å². The van der Waals surface area contributed by atoms with Crippen molar-refractivity contribution in [1.82, 2.24) is 20.3 Å². The van der Waals surface area contributed by atoms with Crippen LogP contribution in [-0.2, 0) is 6.54 Å². The molecule has 0 unspecified atom stereocenters. The van der Waals surface area contributed by atoms with Gasteiger partial charge in [-0.2, -0.15) is 0 Å². The number of nitrogens with one attached hydrogen (secondary N) is 2. The van der Waals surface area contributed by atoms with Gasteiger partial charge in [-0.05, 0) is 50.8 Å². The van der Waals surface area contributed by atoms with Crippen molar-refractivity contribution in [3.05, 3.63) is 59.5 Å². The lowest BCUT2D eigenvalue weighted by Crippen LogP contribution is -2.29. The predicted octanol–water partition coefficient (Wildman–Crippen LogP) is 2.98. The Hall–Kier alpha value is -3.06. The van der Waals surface area contributed by atoms with Gasteiger partial charge in [0.05, 0.1) is 29.4 Å². The molecule has 0 saturated heterocycles. The molecule has 1 aliphatic rings. The zero-order chi connectivity index (χ0) is 20.2. The Bertz CT molecular complexity index is 1020. The lowest BCUT2D eigenvalue weighted by Gasteiger charge is -2.26. The molecule has 0 bridgehead atoms. The Morgan fingerprint density at radius 1 is 1.10 bits per heavy atom. The number of rotatable bonds is 5. The van der Waals surface area contributed by atoms with Crippen LogP contribution < -0.4 is 10.6 Å². The molecule has 3 N–H and O–H groups in total. The van der Waals surface area contributed by atoms with Crippen LogP contribution >= 0.6 is 0 Å². The van der Waals surface area contributed by atoms with E-state index in [9.17, 15) is 9.90 Å². The third kappa shape index (κ3) is 4.68. The normalized spacial score (nSPS) is 19.1. The van der Waals surface area contributed by atoms with E-state index in [-0.39, 0.29) is 18.1 Å². The van der Waals surface area contributed by atoms with Crippen LogP contribution in [0.2, 0.25) is 0 Å². The summed E-state index contributed by atoms with van der Waals surface area (Å²) in [5.74, 6) is 0.323. The molecular formula is C22H25N5O2. The van der Waals surface area contributed by atoms with Crippen molar-refractivity contribution in [2.45, 2.75) is 51.3 Å². The maximum Gasteiger partial charge on any atom is 0.253 e. The number of aromatic nitrogens is 3. The molecule has 4 rings (SSSR count). The number of carbonyl (C=O) groups excluding carboxylic acids is 1.